The number of amides is 1. The molecule has 1 amide bonds. The lowest BCUT2D eigenvalue weighted by Crippen LogP contribution is -2.44. The molecule has 3 N–H and O–H groups in total. The van der Waals surface area contributed by atoms with Gasteiger partial charge in [-0.2, -0.15) is 0 Å². The van der Waals surface area contributed by atoms with Crippen LogP contribution in [0.3, 0.4) is 0 Å². The van der Waals surface area contributed by atoms with Crippen molar-refractivity contribution in [1.29, 1.82) is 0 Å². The first-order valence-electron chi connectivity index (χ1n) is 4.48. The van der Waals surface area contributed by atoms with Crippen LogP contribution in [0.15, 0.2) is 0 Å². The molecule has 80 valence electrons. The Kier molecular flexibility index (Phi) is 8.37. The highest BCUT2D eigenvalue weighted by Crippen LogP contribution is 1.98. The number of carbonyl (C=O) groups excluding carboxylic acids is 1. The second-order valence-corrected chi connectivity index (χ2v) is 3.91. The summed E-state index contributed by atoms with van der Waals surface area (Å²) in [6.45, 7) is 8.71. The minimum absolute atomic E-state index is 0. The zero-order valence-corrected chi connectivity index (χ0v) is 9.65. The van der Waals surface area contributed by atoms with Crippen LogP contribution in [0.5, 0.6) is 0 Å². The van der Waals surface area contributed by atoms with Crippen molar-refractivity contribution in [3.8, 4) is 0 Å². The van der Waals surface area contributed by atoms with Gasteiger partial charge in [-0.25, -0.2) is 0 Å². The Bertz CT molecular complexity index is 149. The summed E-state index contributed by atoms with van der Waals surface area (Å²) >= 11 is 0. The summed E-state index contributed by atoms with van der Waals surface area (Å²) < 4.78 is 0. The third-order valence-electron chi connectivity index (χ3n) is 1.71. The van der Waals surface area contributed by atoms with Crippen LogP contribution in [0.25, 0.3) is 0 Å². The van der Waals surface area contributed by atoms with Crippen LogP contribution >= 0.6 is 12.4 Å². The predicted molar refractivity (Wildman–Crippen MR) is 57.9 cm³/mol. The van der Waals surface area contributed by atoms with Crippen LogP contribution in [0.1, 0.15) is 27.7 Å². The minimum Gasteiger partial charge on any atom is -0.354 e. The fourth-order valence-electron chi connectivity index (χ4n) is 0.725. The van der Waals surface area contributed by atoms with Crippen molar-refractivity contribution in [2.75, 3.05) is 6.54 Å². The van der Waals surface area contributed by atoms with Crippen LogP contribution in [0.2, 0.25) is 0 Å². The molecule has 0 aliphatic heterocycles. The first kappa shape index (κ1) is 15.2. The zero-order valence-electron chi connectivity index (χ0n) is 8.83. The third-order valence-corrected chi connectivity index (χ3v) is 1.71. The molecule has 13 heavy (non-hydrogen) atoms. The monoisotopic (exact) mass is 208 g/mol. The van der Waals surface area contributed by atoms with Gasteiger partial charge in [0.1, 0.15) is 0 Å². The molecule has 0 heterocycles. The van der Waals surface area contributed by atoms with Crippen molar-refractivity contribution in [2.45, 2.75) is 33.7 Å². The normalized spacial score (nSPS) is 12.5. The fraction of sp³-hybridized carbons (Fsp3) is 0.889. The van der Waals surface area contributed by atoms with Gasteiger partial charge in [-0.1, -0.05) is 27.7 Å². The molecule has 1 atom stereocenters. The van der Waals surface area contributed by atoms with E-state index in [0.29, 0.717) is 12.5 Å². The average Bonchev–Trinajstić information content (AvgIpc) is 1.98. The molecular weight excluding hydrogens is 188 g/mol. The lowest BCUT2D eigenvalue weighted by Gasteiger charge is -2.16. The molecule has 0 unspecified atom stereocenters. The Morgan fingerprint density at radius 1 is 1.31 bits per heavy atom. The van der Waals surface area contributed by atoms with E-state index in [0.717, 1.165) is 0 Å². The maximum atomic E-state index is 11.3. The average molecular weight is 209 g/mol. The highest BCUT2D eigenvalue weighted by molar-refractivity contribution is 5.85. The number of halogens is 1. The number of nitrogens with one attached hydrogen (secondary N) is 1. The Labute approximate surface area is 86.9 Å². The van der Waals surface area contributed by atoms with E-state index in [1.807, 2.05) is 13.8 Å². The largest absolute Gasteiger partial charge is 0.354 e. The van der Waals surface area contributed by atoms with E-state index in [1.54, 1.807) is 0 Å². The molecule has 0 spiro atoms. The lowest BCUT2D eigenvalue weighted by molar-refractivity contribution is -0.123. The van der Waals surface area contributed by atoms with Crippen molar-refractivity contribution in [3.05, 3.63) is 0 Å². The fourth-order valence-corrected chi connectivity index (χ4v) is 0.725. The van der Waals surface area contributed by atoms with Crippen LogP contribution in [0.4, 0.5) is 0 Å². The van der Waals surface area contributed by atoms with Crippen molar-refractivity contribution in [1.82, 2.24) is 5.32 Å². The van der Waals surface area contributed by atoms with Gasteiger partial charge < -0.3 is 11.1 Å². The Morgan fingerprint density at radius 2 is 1.77 bits per heavy atom. The summed E-state index contributed by atoms with van der Waals surface area (Å²) in [6.07, 6.45) is 0. The van der Waals surface area contributed by atoms with Crippen LogP contribution in [-0.2, 0) is 4.79 Å². The van der Waals surface area contributed by atoms with Gasteiger partial charge in [0.05, 0.1) is 6.04 Å². The van der Waals surface area contributed by atoms with Crippen molar-refractivity contribution in [2.24, 2.45) is 17.6 Å². The van der Waals surface area contributed by atoms with E-state index >= 15 is 0 Å². The van der Waals surface area contributed by atoms with Gasteiger partial charge in [0, 0.05) is 6.54 Å². The first-order valence-corrected chi connectivity index (χ1v) is 4.48. The smallest absolute Gasteiger partial charge is 0.237 e. The number of nitrogens with two attached hydrogens (primary N) is 1. The summed E-state index contributed by atoms with van der Waals surface area (Å²) in [4.78, 5) is 11.3. The molecule has 0 saturated carbocycles. The molecule has 0 radical (unpaired) electrons. The van der Waals surface area contributed by atoms with Crippen LogP contribution in [-0.4, -0.2) is 18.5 Å². The highest BCUT2D eigenvalue weighted by Gasteiger charge is 2.16. The molecule has 0 aromatic heterocycles. The maximum Gasteiger partial charge on any atom is 0.237 e. The van der Waals surface area contributed by atoms with Crippen LogP contribution in [0, 0.1) is 11.8 Å². The first-order chi connectivity index (χ1) is 5.45. The van der Waals surface area contributed by atoms with Gasteiger partial charge in [-0.3, -0.25) is 4.79 Å². The number of carbonyl (C=O) groups is 1. The van der Waals surface area contributed by atoms with Crippen molar-refractivity contribution in [3.63, 3.8) is 0 Å². The molecular formula is C9H21ClN2O. The van der Waals surface area contributed by atoms with Crippen molar-refractivity contribution < 1.29 is 4.79 Å². The van der Waals surface area contributed by atoms with E-state index in [9.17, 15) is 4.79 Å². The minimum atomic E-state index is -0.372. The molecule has 0 aromatic rings. The molecule has 0 saturated heterocycles. The number of hydrogen-bond donors (Lipinski definition) is 2. The summed E-state index contributed by atoms with van der Waals surface area (Å²) in [7, 11) is 0. The molecule has 0 aliphatic carbocycles. The second-order valence-electron chi connectivity index (χ2n) is 3.91. The van der Waals surface area contributed by atoms with E-state index in [2.05, 4.69) is 19.2 Å². The Morgan fingerprint density at radius 3 is 2.08 bits per heavy atom. The molecule has 0 bridgehead atoms. The lowest BCUT2D eigenvalue weighted by atomic mass is 10.0. The maximum absolute atomic E-state index is 11.3. The number of hydrogen-bond acceptors (Lipinski definition) is 2. The second kappa shape index (κ2) is 7.15. The predicted octanol–water partition coefficient (Wildman–Crippen LogP) is 1.16. The van der Waals surface area contributed by atoms with Gasteiger partial charge in [0.15, 0.2) is 0 Å². The molecule has 4 heteroatoms. The topological polar surface area (TPSA) is 55.1 Å². The zero-order chi connectivity index (χ0) is 9.72. The van der Waals surface area contributed by atoms with Gasteiger partial charge in [0.2, 0.25) is 5.91 Å². The third kappa shape index (κ3) is 6.84. The molecule has 3 nitrogen and oxygen atoms in total. The standard InChI is InChI=1S/C9H20N2O.ClH/c1-6(2)5-11-9(12)8(10)7(3)4;/h6-8H,5,10H2,1-4H3,(H,11,12);1H/t8-;/m0./s1. The summed E-state index contributed by atoms with van der Waals surface area (Å²) in [6, 6.07) is -0.372. The van der Waals surface area contributed by atoms with E-state index in [4.69, 9.17) is 5.73 Å². The van der Waals surface area contributed by atoms with Gasteiger partial charge in [-0.15, -0.1) is 12.4 Å². The Hall–Kier alpha value is -0.280. The van der Waals surface area contributed by atoms with E-state index < -0.39 is 0 Å². The molecule has 0 rings (SSSR count). The van der Waals surface area contributed by atoms with Crippen LogP contribution < -0.4 is 11.1 Å². The summed E-state index contributed by atoms with van der Waals surface area (Å²) in [5.41, 5.74) is 5.63. The Balaban J connectivity index is 0. The van der Waals surface area contributed by atoms with Gasteiger partial charge in [-0.05, 0) is 11.8 Å². The summed E-state index contributed by atoms with van der Waals surface area (Å²) in [5.74, 6) is 0.643. The van der Waals surface area contributed by atoms with Gasteiger partial charge >= 0.3 is 0 Å². The molecule has 0 aliphatic rings. The van der Waals surface area contributed by atoms with E-state index in [1.165, 1.54) is 0 Å². The SMILES string of the molecule is CC(C)CNC(=O)[C@@H](N)C(C)C.Cl. The molecule has 0 aromatic carbocycles. The quantitative estimate of drug-likeness (QED) is 0.729. The highest BCUT2D eigenvalue weighted by atomic mass is 35.5. The van der Waals surface area contributed by atoms with E-state index in [-0.39, 0.29) is 30.3 Å². The summed E-state index contributed by atoms with van der Waals surface area (Å²) in [5, 5.41) is 2.80. The molecule has 0 fully saturated rings. The van der Waals surface area contributed by atoms with Crippen molar-refractivity contribution >= 4 is 18.3 Å². The van der Waals surface area contributed by atoms with Gasteiger partial charge in [0.25, 0.3) is 0 Å². The number of rotatable bonds is 4.